The van der Waals surface area contributed by atoms with Crippen molar-refractivity contribution in [1.82, 2.24) is 20.5 Å². The number of aromatic nitrogens is 3. The lowest BCUT2D eigenvalue weighted by atomic mass is 9.97. The number of ether oxygens (including phenoxy) is 1. The number of fused-ring (bicyclic) bond motifs is 1. The molecule has 2 atom stereocenters. The molecule has 3 aromatic carbocycles. The summed E-state index contributed by atoms with van der Waals surface area (Å²) in [6.45, 7) is 1.07. The minimum atomic E-state index is -1.61. The Balaban J connectivity index is 1.32. The predicted octanol–water partition coefficient (Wildman–Crippen LogP) is 3.68. The minimum Gasteiger partial charge on any atom is -0.455 e. The van der Waals surface area contributed by atoms with Crippen molar-refractivity contribution in [2.24, 2.45) is 0 Å². The standard InChI is InChI=1S/C29H25ClN4O8/c1-16-26(42-29(38)41-16)15-40-28(37)25(35)14-22(31-27(36)20-9-10-23-24(13-20)34(39)33-32-23)11-17-5-7-18(8-6-17)19-3-2-4-21(30)12-19/h2-10,12-13,22,25,35,39H,11,14-15H2,1H3,(H,31,36). The highest BCUT2D eigenvalue weighted by Crippen LogP contribution is 2.24. The topological polar surface area (TPSA) is 170 Å². The molecule has 42 heavy (non-hydrogen) atoms. The van der Waals surface area contributed by atoms with Gasteiger partial charge in [-0.1, -0.05) is 52.8 Å². The summed E-state index contributed by atoms with van der Waals surface area (Å²) in [5.74, 6) is -2.22. The molecule has 0 saturated carbocycles. The van der Waals surface area contributed by atoms with Gasteiger partial charge in [-0.2, -0.15) is 0 Å². The van der Waals surface area contributed by atoms with Crippen LogP contribution in [0.2, 0.25) is 5.02 Å². The quantitative estimate of drug-likeness (QED) is 0.160. The molecule has 5 aromatic rings. The summed E-state index contributed by atoms with van der Waals surface area (Å²) >= 11 is 6.12. The van der Waals surface area contributed by atoms with Gasteiger partial charge in [-0.05, 0) is 65.6 Å². The maximum atomic E-state index is 13.2. The molecule has 12 nitrogen and oxygen atoms in total. The molecular weight excluding hydrogens is 568 g/mol. The van der Waals surface area contributed by atoms with E-state index >= 15 is 0 Å². The number of carbonyl (C=O) groups excluding carboxylic acids is 2. The van der Waals surface area contributed by atoms with Crippen LogP contribution in [0.4, 0.5) is 0 Å². The number of nitrogens with one attached hydrogen (secondary N) is 1. The Hall–Kier alpha value is -4.94. The molecule has 2 heterocycles. The largest absolute Gasteiger partial charge is 0.519 e. The third-order valence-electron chi connectivity index (χ3n) is 6.58. The Labute approximate surface area is 243 Å². The zero-order chi connectivity index (χ0) is 29.8. The second kappa shape index (κ2) is 12.3. The highest BCUT2D eigenvalue weighted by atomic mass is 35.5. The monoisotopic (exact) mass is 592 g/mol. The van der Waals surface area contributed by atoms with Crippen molar-refractivity contribution >= 4 is 34.5 Å². The van der Waals surface area contributed by atoms with Crippen LogP contribution in [0.5, 0.6) is 0 Å². The fourth-order valence-corrected chi connectivity index (χ4v) is 4.59. The average Bonchev–Trinajstić information content (AvgIpc) is 3.51. The first-order valence-electron chi connectivity index (χ1n) is 12.8. The number of amides is 1. The zero-order valence-electron chi connectivity index (χ0n) is 22.2. The molecule has 0 radical (unpaired) electrons. The van der Waals surface area contributed by atoms with Gasteiger partial charge in [-0.25, -0.2) is 9.59 Å². The normalized spacial score (nSPS) is 12.6. The fraction of sp³-hybridized carbons (Fsp3) is 0.207. The zero-order valence-corrected chi connectivity index (χ0v) is 22.9. The maximum absolute atomic E-state index is 13.2. The number of carbonyl (C=O) groups is 2. The van der Waals surface area contributed by atoms with E-state index in [1.54, 1.807) is 6.07 Å². The first-order chi connectivity index (χ1) is 20.2. The van der Waals surface area contributed by atoms with Crippen LogP contribution in [0.25, 0.3) is 22.2 Å². The van der Waals surface area contributed by atoms with Crippen molar-refractivity contribution < 1.29 is 33.5 Å². The summed E-state index contributed by atoms with van der Waals surface area (Å²) in [5.41, 5.74) is 3.55. The van der Waals surface area contributed by atoms with Gasteiger partial charge in [0.1, 0.15) is 11.0 Å². The van der Waals surface area contributed by atoms with Gasteiger partial charge >= 0.3 is 11.8 Å². The number of esters is 1. The number of rotatable bonds is 10. The number of nitrogens with zero attached hydrogens (tertiary/aromatic N) is 3. The van der Waals surface area contributed by atoms with Gasteiger partial charge in [0.15, 0.2) is 24.2 Å². The molecule has 0 bridgehead atoms. The minimum absolute atomic E-state index is 0.0261. The summed E-state index contributed by atoms with van der Waals surface area (Å²) in [4.78, 5) is 37.6. The molecule has 0 saturated heterocycles. The molecule has 0 spiro atoms. The predicted molar refractivity (Wildman–Crippen MR) is 149 cm³/mol. The van der Waals surface area contributed by atoms with E-state index in [-0.39, 0.29) is 35.4 Å². The lowest BCUT2D eigenvalue weighted by Gasteiger charge is -2.21. The second-order valence-electron chi connectivity index (χ2n) is 9.56. The fourth-order valence-electron chi connectivity index (χ4n) is 4.40. The number of aryl methyl sites for hydroxylation is 1. The van der Waals surface area contributed by atoms with E-state index in [9.17, 15) is 24.7 Å². The molecule has 216 valence electrons. The molecule has 0 aliphatic heterocycles. The number of benzene rings is 3. The van der Waals surface area contributed by atoms with Crippen LogP contribution in [-0.2, 0) is 22.6 Å². The molecule has 2 unspecified atom stereocenters. The highest BCUT2D eigenvalue weighted by molar-refractivity contribution is 6.30. The molecular formula is C29H25ClN4O8. The molecule has 0 aliphatic rings. The van der Waals surface area contributed by atoms with E-state index in [0.717, 1.165) is 16.7 Å². The summed E-state index contributed by atoms with van der Waals surface area (Å²) in [7, 11) is 0. The van der Waals surface area contributed by atoms with E-state index in [1.807, 2.05) is 42.5 Å². The van der Waals surface area contributed by atoms with Crippen molar-refractivity contribution in [1.29, 1.82) is 0 Å². The van der Waals surface area contributed by atoms with Crippen molar-refractivity contribution in [2.45, 2.75) is 38.5 Å². The molecule has 13 heteroatoms. The molecule has 5 rings (SSSR count). The van der Waals surface area contributed by atoms with E-state index in [1.165, 1.54) is 25.1 Å². The van der Waals surface area contributed by atoms with Crippen LogP contribution >= 0.6 is 11.6 Å². The van der Waals surface area contributed by atoms with E-state index in [0.29, 0.717) is 15.4 Å². The van der Waals surface area contributed by atoms with Gasteiger partial charge in [-0.15, -0.1) is 5.10 Å². The van der Waals surface area contributed by atoms with Gasteiger partial charge in [0.25, 0.3) is 5.91 Å². The van der Waals surface area contributed by atoms with Crippen molar-refractivity contribution in [2.75, 3.05) is 0 Å². The molecule has 0 aliphatic carbocycles. The third kappa shape index (κ3) is 6.67. The summed E-state index contributed by atoms with van der Waals surface area (Å²) in [6.07, 6.45) is -1.52. The number of aliphatic hydroxyl groups excluding tert-OH is 1. The Bertz CT molecular complexity index is 1790. The van der Waals surface area contributed by atoms with Gasteiger partial charge in [0.2, 0.25) is 0 Å². The lowest BCUT2D eigenvalue weighted by Crippen LogP contribution is -2.41. The van der Waals surface area contributed by atoms with Gasteiger partial charge in [-0.3, -0.25) is 4.79 Å². The molecule has 1 amide bonds. The van der Waals surface area contributed by atoms with E-state index in [2.05, 4.69) is 15.6 Å². The van der Waals surface area contributed by atoms with Crippen LogP contribution in [-0.4, -0.2) is 49.5 Å². The Morgan fingerprint density at radius 2 is 1.86 bits per heavy atom. The van der Waals surface area contributed by atoms with Crippen LogP contribution in [0.3, 0.4) is 0 Å². The van der Waals surface area contributed by atoms with Gasteiger partial charge in [0, 0.05) is 23.0 Å². The highest BCUT2D eigenvalue weighted by Gasteiger charge is 2.25. The van der Waals surface area contributed by atoms with Crippen LogP contribution in [0.1, 0.15) is 33.9 Å². The first kappa shape index (κ1) is 28.6. The average molecular weight is 593 g/mol. The summed E-state index contributed by atoms with van der Waals surface area (Å²) in [5, 5.41) is 31.3. The summed E-state index contributed by atoms with van der Waals surface area (Å²) in [6, 6.07) is 18.8. The third-order valence-corrected chi connectivity index (χ3v) is 6.82. The lowest BCUT2D eigenvalue weighted by molar-refractivity contribution is -0.156. The number of aliphatic hydroxyl groups is 1. The molecule has 3 N–H and O–H groups in total. The van der Waals surface area contributed by atoms with Gasteiger partial charge in [0.05, 0.1) is 0 Å². The van der Waals surface area contributed by atoms with Crippen molar-refractivity contribution in [3.05, 3.63) is 105 Å². The Kier molecular flexibility index (Phi) is 8.36. The first-order valence-corrected chi connectivity index (χ1v) is 13.2. The van der Waals surface area contributed by atoms with Crippen molar-refractivity contribution in [3.8, 4) is 11.1 Å². The van der Waals surface area contributed by atoms with E-state index in [4.69, 9.17) is 25.2 Å². The van der Waals surface area contributed by atoms with Gasteiger partial charge < -0.3 is 29.2 Å². The smallest absolute Gasteiger partial charge is 0.455 e. The number of halogens is 1. The van der Waals surface area contributed by atoms with Crippen LogP contribution in [0, 0.1) is 6.92 Å². The Morgan fingerprint density at radius 3 is 2.57 bits per heavy atom. The maximum Gasteiger partial charge on any atom is 0.519 e. The Morgan fingerprint density at radius 1 is 1.07 bits per heavy atom. The SMILES string of the molecule is Cc1oc(=O)oc1COC(=O)C(O)CC(Cc1ccc(-c2cccc(Cl)c2)cc1)NC(=O)c1ccc2nnn(O)c2c1. The van der Waals surface area contributed by atoms with E-state index < -0.39 is 36.5 Å². The number of hydrogen-bond acceptors (Lipinski definition) is 10. The number of hydrogen-bond donors (Lipinski definition) is 3. The van der Waals surface area contributed by atoms with Crippen molar-refractivity contribution in [3.63, 3.8) is 0 Å². The second-order valence-corrected chi connectivity index (χ2v) is 9.99. The molecule has 2 aromatic heterocycles. The van der Waals surface area contributed by atoms with Crippen LogP contribution < -0.4 is 11.1 Å². The molecule has 0 fully saturated rings. The van der Waals surface area contributed by atoms with Crippen LogP contribution in [0.15, 0.2) is 80.4 Å². The summed E-state index contributed by atoms with van der Waals surface area (Å²) < 4.78 is 14.7.